The molecule has 0 aliphatic heterocycles. The van der Waals surface area contributed by atoms with E-state index in [1.54, 1.807) is 12.3 Å². The normalized spacial score (nSPS) is 10.3. The van der Waals surface area contributed by atoms with Gasteiger partial charge in [0.25, 0.3) is 0 Å². The predicted molar refractivity (Wildman–Crippen MR) is 81.5 cm³/mol. The van der Waals surface area contributed by atoms with Crippen LogP contribution in [0.15, 0.2) is 36.5 Å². The summed E-state index contributed by atoms with van der Waals surface area (Å²) < 4.78 is 5.47. The van der Waals surface area contributed by atoms with E-state index in [1.165, 1.54) is 5.56 Å². The topological polar surface area (TPSA) is 47.0 Å². The maximum absolute atomic E-state index is 5.85. The number of halogens is 1. The first-order valence-corrected chi connectivity index (χ1v) is 7.10. The molecule has 0 spiro atoms. The van der Waals surface area contributed by atoms with E-state index in [2.05, 4.69) is 22.2 Å². The minimum absolute atomic E-state index is 0.590. The molecule has 5 heteroatoms. The summed E-state index contributed by atoms with van der Waals surface area (Å²) >= 11 is 5.85. The Balaban J connectivity index is 1.82. The lowest BCUT2D eigenvalue weighted by Gasteiger charge is -2.07. The van der Waals surface area contributed by atoms with Crippen molar-refractivity contribution in [1.29, 1.82) is 0 Å². The number of hydrogen-bond donors (Lipinski definition) is 1. The molecular weight excluding hydrogens is 274 g/mol. The highest BCUT2D eigenvalue weighted by Crippen LogP contribution is 2.11. The Labute approximate surface area is 124 Å². The third-order valence-corrected chi connectivity index (χ3v) is 2.95. The SMILES string of the molecule is CCCOc1ccnc(NCCc2ccc(Cl)cc2)n1. The lowest BCUT2D eigenvalue weighted by molar-refractivity contribution is 0.305. The summed E-state index contributed by atoms with van der Waals surface area (Å²) in [7, 11) is 0. The molecular formula is C15H18ClN3O. The summed E-state index contributed by atoms with van der Waals surface area (Å²) in [5.74, 6) is 1.20. The molecule has 106 valence electrons. The van der Waals surface area contributed by atoms with E-state index in [4.69, 9.17) is 16.3 Å². The van der Waals surface area contributed by atoms with E-state index < -0.39 is 0 Å². The fourth-order valence-corrected chi connectivity index (χ4v) is 1.81. The third kappa shape index (κ3) is 4.70. The van der Waals surface area contributed by atoms with Crippen molar-refractivity contribution in [3.05, 3.63) is 47.1 Å². The van der Waals surface area contributed by atoms with Crippen molar-refractivity contribution in [2.45, 2.75) is 19.8 Å². The van der Waals surface area contributed by atoms with Crippen LogP contribution in [0.2, 0.25) is 5.02 Å². The van der Waals surface area contributed by atoms with E-state index in [9.17, 15) is 0 Å². The van der Waals surface area contributed by atoms with E-state index in [0.717, 1.165) is 24.4 Å². The molecule has 0 radical (unpaired) electrons. The molecule has 0 fully saturated rings. The Kier molecular flexibility index (Phi) is 5.62. The van der Waals surface area contributed by atoms with Crippen molar-refractivity contribution >= 4 is 17.5 Å². The van der Waals surface area contributed by atoms with Crippen LogP contribution >= 0.6 is 11.6 Å². The molecule has 1 aromatic carbocycles. The number of rotatable bonds is 7. The average molecular weight is 292 g/mol. The first-order valence-electron chi connectivity index (χ1n) is 6.72. The summed E-state index contributed by atoms with van der Waals surface area (Å²) in [6, 6.07) is 9.59. The van der Waals surface area contributed by atoms with Gasteiger partial charge in [0.05, 0.1) is 6.61 Å². The van der Waals surface area contributed by atoms with Crippen molar-refractivity contribution in [3.63, 3.8) is 0 Å². The highest BCUT2D eigenvalue weighted by atomic mass is 35.5. The average Bonchev–Trinajstić information content (AvgIpc) is 2.48. The maximum Gasteiger partial charge on any atom is 0.225 e. The number of nitrogens with zero attached hydrogens (tertiary/aromatic N) is 2. The van der Waals surface area contributed by atoms with E-state index in [-0.39, 0.29) is 0 Å². The molecule has 0 unspecified atom stereocenters. The minimum atomic E-state index is 0.590. The quantitative estimate of drug-likeness (QED) is 0.847. The van der Waals surface area contributed by atoms with E-state index >= 15 is 0 Å². The number of benzene rings is 1. The van der Waals surface area contributed by atoms with Gasteiger partial charge in [0, 0.05) is 23.8 Å². The fourth-order valence-electron chi connectivity index (χ4n) is 1.68. The number of ether oxygens (including phenoxy) is 1. The monoisotopic (exact) mass is 291 g/mol. The molecule has 2 rings (SSSR count). The number of anilines is 1. The van der Waals surface area contributed by atoms with Crippen LogP contribution in [0.5, 0.6) is 5.88 Å². The second kappa shape index (κ2) is 7.70. The van der Waals surface area contributed by atoms with E-state index in [1.807, 2.05) is 24.3 Å². The standard InChI is InChI=1S/C15H18ClN3O/c1-2-11-20-14-8-10-18-15(19-14)17-9-7-12-3-5-13(16)6-4-12/h3-6,8,10H,2,7,9,11H2,1H3,(H,17,18,19). The van der Waals surface area contributed by atoms with Gasteiger partial charge in [-0.3, -0.25) is 0 Å². The van der Waals surface area contributed by atoms with Crippen LogP contribution in [0, 0.1) is 0 Å². The predicted octanol–water partition coefficient (Wildman–Crippen LogP) is 3.57. The lowest BCUT2D eigenvalue weighted by Crippen LogP contribution is -2.08. The zero-order chi connectivity index (χ0) is 14.2. The van der Waals surface area contributed by atoms with Crippen LogP contribution in [-0.2, 0) is 6.42 Å². The Morgan fingerprint density at radius 2 is 2.00 bits per heavy atom. The molecule has 2 aromatic rings. The highest BCUT2D eigenvalue weighted by Gasteiger charge is 2.00. The Hall–Kier alpha value is -1.81. The molecule has 0 saturated heterocycles. The van der Waals surface area contributed by atoms with Crippen molar-refractivity contribution in [1.82, 2.24) is 9.97 Å². The second-order valence-electron chi connectivity index (χ2n) is 4.37. The summed E-state index contributed by atoms with van der Waals surface area (Å²) in [5, 5.41) is 3.94. The molecule has 0 bridgehead atoms. The van der Waals surface area contributed by atoms with Gasteiger partial charge in [0.1, 0.15) is 0 Å². The molecule has 1 aromatic heterocycles. The third-order valence-electron chi connectivity index (χ3n) is 2.69. The summed E-state index contributed by atoms with van der Waals surface area (Å²) in [4.78, 5) is 8.46. The molecule has 0 saturated carbocycles. The summed E-state index contributed by atoms with van der Waals surface area (Å²) in [6.45, 7) is 3.49. The molecule has 0 aliphatic rings. The van der Waals surface area contributed by atoms with Crippen LogP contribution in [0.25, 0.3) is 0 Å². The Bertz CT molecular complexity index is 531. The van der Waals surface area contributed by atoms with Gasteiger partial charge in [-0.15, -0.1) is 0 Å². The molecule has 0 amide bonds. The molecule has 20 heavy (non-hydrogen) atoms. The first-order chi connectivity index (χ1) is 9.78. The van der Waals surface area contributed by atoms with E-state index in [0.29, 0.717) is 18.4 Å². The number of hydrogen-bond acceptors (Lipinski definition) is 4. The Morgan fingerprint density at radius 1 is 1.20 bits per heavy atom. The number of aromatic nitrogens is 2. The summed E-state index contributed by atoms with van der Waals surface area (Å²) in [6.07, 6.45) is 3.55. The minimum Gasteiger partial charge on any atom is -0.478 e. The van der Waals surface area contributed by atoms with Crippen LogP contribution < -0.4 is 10.1 Å². The van der Waals surface area contributed by atoms with Gasteiger partial charge in [-0.25, -0.2) is 4.98 Å². The van der Waals surface area contributed by atoms with Crippen molar-refractivity contribution in [2.24, 2.45) is 0 Å². The van der Waals surface area contributed by atoms with Crippen molar-refractivity contribution in [2.75, 3.05) is 18.5 Å². The molecule has 0 atom stereocenters. The van der Waals surface area contributed by atoms with Crippen molar-refractivity contribution < 1.29 is 4.74 Å². The van der Waals surface area contributed by atoms with Crippen LogP contribution in [0.4, 0.5) is 5.95 Å². The lowest BCUT2D eigenvalue weighted by atomic mass is 10.1. The second-order valence-corrected chi connectivity index (χ2v) is 4.81. The molecule has 4 nitrogen and oxygen atoms in total. The first kappa shape index (κ1) is 14.6. The molecule has 0 aliphatic carbocycles. The smallest absolute Gasteiger partial charge is 0.225 e. The van der Waals surface area contributed by atoms with Crippen LogP contribution in [-0.4, -0.2) is 23.1 Å². The van der Waals surface area contributed by atoms with Gasteiger partial charge in [-0.05, 0) is 30.5 Å². The van der Waals surface area contributed by atoms with Gasteiger partial charge in [-0.1, -0.05) is 30.7 Å². The highest BCUT2D eigenvalue weighted by molar-refractivity contribution is 6.30. The van der Waals surface area contributed by atoms with Crippen LogP contribution in [0.3, 0.4) is 0 Å². The van der Waals surface area contributed by atoms with Crippen molar-refractivity contribution in [3.8, 4) is 5.88 Å². The van der Waals surface area contributed by atoms with Crippen LogP contribution in [0.1, 0.15) is 18.9 Å². The molecule has 1 heterocycles. The zero-order valence-electron chi connectivity index (χ0n) is 11.5. The van der Waals surface area contributed by atoms with Gasteiger partial charge < -0.3 is 10.1 Å². The number of nitrogens with one attached hydrogen (secondary N) is 1. The van der Waals surface area contributed by atoms with Gasteiger partial charge in [0.2, 0.25) is 11.8 Å². The Morgan fingerprint density at radius 3 is 2.75 bits per heavy atom. The van der Waals surface area contributed by atoms with Gasteiger partial charge in [-0.2, -0.15) is 4.98 Å². The summed E-state index contributed by atoms with van der Waals surface area (Å²) in [5.41, 5.74) is 1.22. The molecule has 1 N–H and O–H groups in total. The van der Waals surface area contributed by atoms with Gasteiger partial charge in [0.15, 0.2) is 0 Å². The van der Waals surface area contributed by atoms with Gasteiger partial charge >= 0.3 is 0 Å². The fraction of sp³-hybridized carbons (Fsp3) is 0.333. The zero-order valence-corrected chi connectivity index (χ0v) is 12.2. The maximum atomic E-state index is 5.85. The largest absolute Gasteiger partial charge is 0.478 e.